The molecule has 0 bridgehead atoms. The molecule has 0 unspecified atom stereocenters. The molecule has 1 aromatic heterocycles. The van der Waals surface area contributed by atoms with Crippen LogP contribution in [-0.4, -0.2) is 18.8 Å². The number of methoxy groups -OCH3 is 1. The summed E-state index contributed by atoms with van der Waals surface area (Å²) in [7, 11) is 1.62. The third-order valence-electron chi connectivity index (χ3n) is 6.33. The Balaban J connectivity index is 0.00000253. The summed E-state index contributed by atoms with van der Waals surface area (Å²) in [6.45, 7) is 1.35. The van der Waals surface area contributed by atoms with Crippen molar-refractivity contribution in [3.63, 3.8) is 0 Å². The maximum absolute atomic E-state index is 10.9. The normalized spacial score (nSPS) is 12.9. The van der Waals surface area contributed by atoms with Gasteiger partial charge in [0, 0.05) is 24.6 Å². The summed E-state index contributed by atoms with van der Waals surface area (Å²) in [6, 6.07) is 16.6. The Labute approximate surface area is 211 Å². The van der Waals surface area contributed by atoms with Crippen LogP contribution in [0.3, 0.4) is 0 Å². The van der Waals surface area contributed by atoms with Gasteiger partial charge in [0.05, 0.1) is 23.0 Å². The van der Waals surface area contributed by atoms with Gasteiger partial charge in [-0.15, -0.1) is 0 Å². The molecule has 8 nitrogen and oxygen atoms in total. The molecule has 0 saturated heterocycles. The van der Waals surface area contributed by atoms with Crippen LogP contribution in [-0.2, 0) is 19.6 Å². The van der Waals surface area contributed by atoms with Crippen LogP contribution in [0.5, 0.6) is 23.0 Å². The van der Waals surface area contributed by atoms with Crippen LogP contribution in [0.2, 0.25) is 0 Å². The number of aryl methyl sites for hydroxylation is 2. The number of pyridine rings is 1. The van der Waals surface area contributed by atoms with E-state index in [0.717, 1.165) is 52.1 Å². The number of nitro benzene ring substituents is 1. The third-order valence-corrected chi connectivity index (χ3v) is 6.33. The van der Waals surface area contributed by atoms with Gasteiger partial charge in [-0.1, -0.05) is 0 Å². The van der Waals surface area contributed by atoms with Gasteiger partial charge in [0.2, 0.25) is 12.5 Å². The lowest BCUT2D eigenvalue weighted by molar-refractivity contribution is -0.686. The summed E-state index contributed by atoms with van der Waals surface area (Å²) in [5, 5.41) is 12.9. The molecule has 0 atom stereocenters. The number of hydrogen-bond donors (Lipinski definition) is 0. The molecule has 178 valence electrons. The van der Waals surface area contributed by atoms with Gasteiger partial charge in [0.1, 0.15) is 6.61 Å². The van der Waals surface area contributed by atoms with E-state index in [1.54, 1.807) is 19.2 Å². The van der Waals surface area contributed by atoms with E-state index < -0.39 is 4.92 Å². The lowest BCUT2D eigenvalue weighted by Gasteiger charge is -2.18. The average Bonchev–Trinajstić information content (AvgIpc) is 3.32. The standard InChI is InChI=1S/C26H21N2O6.BrH/c1-31-23-7-4-17-10-22-20-12-25-24(33-15-34-25)11-18(20)8-9-27(22)13-21(17)26(23)32-14-16-2-5-19(6-3-16)28(29)30;/h2-7,10-13H,8-9,14-15H2,1H3;1H/q+1;/p-1. The predicted molar refractivity (Wildman–Crippen MR) is 123 cm³/mol. The van der Waals surface area contributed by atoms with E-state index >= 15 is 0 Å². The monoisotopic (exact) mass is 536 g/mol. The molecule has 0 amide bonds. The molecule has 4 aromatic rings. The van der Waals surface area contributed by atoms with Gasteiger partial charge in [-0.2, -0.15) is 4.57 Å². The summed E-state index contributed by atoms with van der Waals surface area (Å²) in [4.78, 5) is 10.5. The first-order chi connectivity index (χ1) is 16.6. The molecule has 0 saturated carbocycles. The lowest BCUT2D eigenvalue weighted by Crippen LogP contribution is -3.00. The van der Waals surface area contributed by atoms with E-state index in [-0.39, 0.29) is 36.1 Å². The number of hydrogen-bond acceptors (Lipinski definition) is 6. The molecule has 2 aliphatic heterocycles. The van der Waals surface area contributed by atoms with Gasteiger partial charge in [0.15, 0.2) is 35.7 Å². The first-order valence-corrected chi connectivity index (χ1v) is 10.9. The van der Waals surface area contributed by atoms with Crippen molar-refractivity contribution in [2.45, 2.75) is 19.6 Å². The molecule has 3 aromatic carbocycles. The molecule has 0 aliphatic carbocycles. The third kappa shape index (κ3) is 4.01. The van der Waals surface area contributed by atoms with Crippen molar-refractivity contribution in [1.29, 1.82) is 0 Å². The number of rotatable bonds is 5. The summed E-state index contributed by atoms with van der Waals surface area (Å²) in [5.74, 6) is 2.86. The van der Waals surface area contributed by atoms with Gasteiger partial charge >= 0.3 is 0 Å². The fraction of sp³-hybridized carbons (Fsp3) is 0.192. The lowest BCUT2D eigenvalue weighted by atomic mass is 9.95. The maximum atomic E-state index is 10.9. The molecule has 9 heteroatoms. The van der Waals surface area contributed by atoms with Crippen LogP contribution >= 0.6 is 0 Å². The highest BCUT2D eigenvalue weighted by atomic mass is 79.9. The predicted octanol–water partition coefficient (Wildman–Crippen LogP) is 1.58. The molecular weight excluding hydrogens is 516 g/mol. The van der Waals surface area contributed by atoms with Crippen molar-refractivity contribution in [3.05, 3.63) is 82.0 Å². The Morgan fingerprint density at radius 3 is 2.57 bits per heavy atom. The largest absolute Gasteiger partial charge is 1.00 e. The fourth-order valence-electron chi connectivity index (χ4n) is 4.58. The second kappa shape index (κ2) is 9.07. The molecule has 0 fully saturated rings. The zero-order valence-electron chi connectivity index (χ0n) is 18.8. The van der Waals surface area contributed by atoms with E-state index in [1.165, 1.54) is 17.7 Å². The molecule has 0 radical (unpaired) electrons. The molecule has 0 spiro atoms. The summed E-state index contributed by atoms with van der Waals surface area (Å²) in [6.07, 6.45) is 2.99. The van der Waals surface area contributed by atoms with Crippen LogP contribution in [0, 0.1) is 10.1 Å². The van der Waals surface area contributed by atoms with Gasteiger partial charge < -0.3 is 35.9 Å². The van der Waals surface area contributed by atoms with Crippen molar-refractivity contribution in [3.8, 4) is 34.3 Å². The Morgan fingerprint density at radius 2 is 1.83 bits per heavy atom. The minimum atomic E-state index is -0.412. The molecule has 35 heavy (non-hydrogen) atoms. The fourth-order valence-corrected chi connectivity index (χ4v) is 4.58. The minimum Gasteiger partial charge on any atom is -1.00 e. The molecular formula is C26H21BrN2O6. The number of benzene rings is 3. The quantitative estimate of drug-likeness (QED) is 0.219. The maximum Gasteiger partial charge on any atom is 0.269 e. The van der Waals surface area contributed by atoms with Crippen LogP contribution < -0.4 is 40.5 Å². The number of non-ortho nitro benzene ring substituents is 1. The topological polar surface area (TPSA) is 83.9 Å². The first kappa shape index (κ1) is 22.9. The highest BCUT2D eigenvalue weighted by molar-refractivity contribution is 5.91. The van der Waals surface area contributed by atoms with E-state index in [9.17, 15) is 10.1 Å². The van der Waals surface area contributed by atoms with Crippen molar-refractivity contribution in [2.75, 3.05) is 13.9 Å². The summed E-state index contributed by atoms with van der Waals surface area (Å²) >= 11 is 0. The second-order valence-corrected chi connectivity index (χ2v) is 8.28. The number of halogens is 1. The van der Waals surface area contributed by atoms with Gasteiger partial charge in [-0.05, 0) is 52.9 Å². The zero-order valence-corrected chi connectivity index (χ0v) is 20.4. The van der Waals surface area contributed by atoms with Crippen molar-refractivity contribution in [1.82, 2.24) is 0 Å². The van der Waals surface area contributed by atoms with Gasteiger partial charge in [0.25, 0.3) is 5.69 Å². The van der Waals surface area contributed by atoms with Crippen LogP contribution in [0.25, 0.3) is 22.0 Å². The van der Waals surface area contributed by atoms with Gasteiger partial charge in [-0.25, -0.2) is 0 Å². The number of nitro groups is 1. The highest BCUT2D eigenvalue weighted by Crippen LogP contribution is 2.41. The average molecular weight is 537 g/mol. The smallest absolute Gasteiger partial charge is 0.269 e. The molecule has 0 N–H and O–H groups in total. The summed E-state index contributed by atoms with van der Waals surface area (Å²) in [5.41, 5.74) is 4.38. The number of fused-ring (bicyclic) bond motifs is 5. The van der Waals surface area contributed by atoms with E-state index in [0.29, 0.717) is 11.5 Å². The Morgan fingerprint density at radius 1 is 1.06 bits per heavy atom. The number of ether oxygens (including phenoxy) is 4. The minimum absolute atomic E-state index is 0. The van der Waals surface area contributed by atoms with Crippen LogP contribution in [0.15, 0.2) is 60.8 Å². The zero-order chi connectivity index (χ0) is 23.2. The number of nitrogens with zero attached hydrogens (tertiary/aromatic N) is 2. The number of aromatic nitrogens is 1. The van der Waals surface area contributed by atoms with Gasteiger partial charge in [-0.3, -0.25) is 10.1 Å². The Kier molecular flexibility index (Phi) is 5.94. The van der Waals surface area contributed by atoms with E-state index in [2.05, 4.69) is 29.0 Å². The second-order valence-electron chi connectivity index (χ2n) is 8.28. The first-order valence-electron chi connectivity index (χ1n) is 10.9. The Bertz CT molecular complexity index is 1460. The van der Waals surface area contributed by atoms with Crippen molar-refractivity contribution < 1.29 is 45.4 Å². The van der Waals surface area contributed by atoms with E-state index in [1.807, 2.05) is 12.1 Å². The molecule has 6 rings (SSSR count). The highest BCUT2D eigenvalue weighted by Gasteiger charge is 2.28. The Hall–Kier alpha value is -3.85. The van der Waals surface area contributed by atoms with E-state index in [4.69, 9.17) is 18.9 Å². The van der Waals surface area contributed by atoms with Crippen LogP contribution in [0.1, 0.15) is 11.1 Å². The van der Waals surface area contributed by atoms with Crippen molar-refractivity contribution in [2.24, 2.45) is 0 Å². The van der Waals surface area contributed by atoms with Crippen molar-refractivity contribution >= 4 is 16.5 Å². The summed E-state index contributed by atoms with van der Waals surface area (Å²) < 4.78 is 25.2. The molecule has 2 aliphatic rings. The van der Waals surface area contributed by atoms with Crippen LogP contribution in [0.4, 0.5) is 5.69 Å². The molecule has 3 heterocycles. The SMILES string of the molecule is COc1ccc2cc3[n+](cc2c1OCc1ccc([N+](=O)[O-])cc1)CCc1cc2c(cc1-3)OCO2.[Br-].